The zero-order valence-electron chi connectivity index (χ0n) is 14.6. The number of fused-ring (bicyclic) bond motifs is 2. The lowest BCUT2D eigenvalue weighted by molar-refractivity contribution is -0.114. The van der Waals surface area contributed by atoms with E-state index in [4.69, 9.17) is 16.3 Å². The molecule has 1 aliphatic heterocycles. The van der Waals surface area contributed by atoms with Crippen LogP contribution in [0.4, 0.5) is 5.69 Å². The molecule has 0 radical (unpaired) electrons. The van der Waals surface area contributed by atoms with Crippen LogP contribution in [-0.4, -0.2) is 34.9 Å². The van der Waals surface area contributed by atoms with E-state index in [9.17, 15) is 9.59 Å². The number of esters is 1. The van der Waals surface area contributed by atoms with E-state index >= 15 is 0 Å². The van der Waals surface area contributed by atoms with Crippen LogP contribution in [0.25, 0.3) is 11.7 Å². The van der Waals surface area contributed by atoms with Gasteiger partial charge in [0, 0.05) is 24.5 Å². The lowest BCUT2D eigenvalue weighted by Gasteiger charge is -2.15. The Labute approximate surface area is 160 Å². The topological polar surface area (TPSA) is 63.9 Å². The van der Waals surface area contributed by atoms with Crippen molar-refractivity contribution in [3.8, 4) is 0 Å². The quantitative estimate of drug-likeness (QED) is 0.515. The molecule has 1 aromatic carbocycles. The molecule has 136 valence electrons. The fourth-order valence-corrected chi connectivity index (χ4v) is 3.49. The van der Waals surface area contributed by atoms with Crippen molar-refractivity contribution in [1.29, 1.82) is 0 Å². The molecule has 2 aromatic heterocycles. The molecule has 6 nitrogen and oxygen atoms in total. The minimum Gasteiger partial charge on any atom is -0.465 e. The van der Waals surface area contributed by atoms with Crippen LogP contribution in [0.3, 0.4) is 0 Å². The smallest absolute Gasteiger partial charge is 0.337 e. The second-order valence-corrected chi connectivity index (χ2v) is 6.48. The molecule has 27 heavy (non-hydrogen) atoms. The molecule has 1 amide bonds. The van der Waals surface area contributed by atoms with Gasteiger partial charge < -0.3 is 9.64 Å². The summed E-state index contributed by atoms with van der Waals surface area (Å²) in [5, 5.41) is 0.342. The number of benzene rings is 1. The molecular formula is C20H16ClN3O3. The van der Waals surface area contributed by atoms with Crippen molar-refractivity contribution in [1.82, 2.24) is 9.38 Å². The van der Waals surface area contributed by atoms with E-state index in [-0.39, 0.29) is 11.9 Å². The third-order valence-electron chi connectivity index (χ3n) is 4.57. The number of hydrogen-bond donors (Lipinski definition) is 0. The van der Waals surface area contributed by atoms with Crippen molar-refractivity contribution in [3.63, 3.8) is 0 Å². The van der Waals surface area contributed by atoms with Gasteiger partial charge in [-0.2, -0.15) is 0 Å². The Morgan fingerprint density at radius 3 is 2.93 bits per heavy atom. The number of halogens is 1. The lowest BCUT2D eigenvalue weighted by atomic mass is 10.1. The summed E-state index contributed by atoms with van der Waals surface area (Å²) in [4.78, 5) is 30.3. The van der Waals surface area contributed by atoms with Crippen molar-refractivity contribution < 1.29 is 14.3 Å². The van der Waals surface area contributed by atoms with Gasteiger partial charge in [0.15, 0.2) is 5.15 Å². The minimum atomic E-state index is -0.385. The van der Waals surface area contributed by atoms with Crippen molar-refractivity contribution in [3.05, 3.63) is 70.6 Å². The zero-order valence-corrected chi connectivity index (χ0v) is 15.3. The maximum absolute atomic E-state index is 12.7. The Morgan fingerprint density at radius 2 is 2.11 bits per heavy atom. The Kier molecular flexibility index (Phi) is 4.41. The molecule has 0 N–H and O–H groups in total. The summed E-state index contributed by atoms with van der Waals surface area (Å²) in [6, 6.07) is 10.8. The van der Waals surface area contributed by atoms with Crippen LogP contribution in [0.2, 0.25) is 5.15 Å². The summed E-state index contributed by atoms with van der Waals surface area (Å²) >= 11 is 6.20. The normalized spacial score (nSPS) is 13.3. The van der Waals surface area contributed by atoms with E-state index in [0.717, 1.165) is 16.9 Å². The first-order chi connectivity index (χ1) is 13.1. The number of carbonyl (C=O) groups excluding carboxylic acids is 2. The molecule has 0 bridgehead atoms. The standard InChI is InChI=1S/C20H16ClN3O3/c1-27-20(26)14-5-6-15-13(12-14)9-11-24(15)18(25)8-7-16-19(21)22-17-4-2-3-10-23(16)17/h2-8,10,12H,9,11H2,1H3/b8-7+. The molecular weight excluding hydrogens is 366 g/mol. The van der Waals surface area contributed by atoms with Crippen molar-refractivity contribution in [2.75, 3.05) is 18.6 Å². The van der Waals surface area contributed by atoms with Crippen LogP contribution in [0.5, 0.6) is 0 Å². The maximum Gasteiger partial charge on any atom is 0.337 e. The van der Waals surface area contributed by atoms with Crippen LogP contribution in [0, 0.1) is 0 Å². The number of anilines is 1. The highest BCUT2D eigenvalue weighted by Crippen LogP contribution is 2.29. The molecule has 0 aliphatic carbocycles. The summed E-state index contributed by atoms with van der Waals surface area (Å²) in [7, 11) is 1.35. The molecule has 0 saturated carbocycles. The number of methoxy groups -OCH3 is 1. The Bertz CT molecular complexity index is 1090. The largest absolute Gasteiger partial charge is 0.465 e. The van der Waals surface area contributed by atoms with Gasteiger partial charge in [-0.3, -0.25) is 9.20 Å². The number of hydrogen-bond acceptors (Lipinski definition) is 4. The van der Waals surface area contributed by atoms with Gasteiger partial charge in [-0.25, -0.2) is 9.78 Å². The number of pyridine rings is 1. The summed E-state index contributed by atoms with van der Waals surface area (Å²) in [6.07, 6.45) is 5.70. The first-order valence-corrected chi connectivity index (χ1v) is 8.79. The average Bonchev–Trinajstić information content (AvgIpc) is 3.25. The maximum atomic E-state index is 12.7. The van der Waals surface area contributed by atoms with E-state index in [2.05, 4.69) is 4.98 Å². The van der Waals surface area contributed by atoms with Gasteiger partial charge in [-0.15, -0.1) is 0 Å². The van der Waals surface area contributed by atoms with E-state index in [1.807, 2.05) is 28.8 Å². The van der Waals surface area contributed by atoms with Crippen molar-refractivity contribution in [2.45, 2.75) is 6.42 Å². The third kappa shape index (κ3) is 3.08. The number of carbonyl (C=O) groups is 2. The number of nitrogens with zero attached hydrogens (tertiary/aromatic N) is 3. The number of rotatable bonds is 3. The van der Waals surface area contributed by atoms with Gasteiger partial charge in [-0.1, -0.05) is 17.7 Å². The van der Waals surface area contributed by atoms with Crippen molar-refractivity contribution >= 4 is 40.9 Å². The van der Waals surface area contributed by atoms with E-state index < -0.39 is 0 Å². The van der Waals surface area contributed by atoms with Crippen LogP contribution < -0.4 is 4.90 Å². The summed E-state index contributed by atoms with van der Waals surface area (Å²) < 4.78 is 6.57. The van der Waals surface area contributed by atoms with Gasteiger partial charge >= 0.3 is 5.97 Å². The lowest BCUT2D eigenvalue weighted by Crippen LogP contribution is -2.26. The summed E-state index contributed by atoms with van der Waals surface area (Å²) in [5.41, 5.74) is 3.62. The van der Waals surface area contributed by atoms with Crippen LogP contribution >= 0.6 is 11.6 Å². The average molecular weight is 382 g/mol. The summed E-state index contributed by atoms with van der Waals surface area (Å²) in [6.45, 7) is 0.560. The molecule has 1 aliphatic rings. The monoisotopic (exact) mass is 381 g/mol. The number of aromatic nitrogens is 2. The zero-order chi connectivity index (χ0) is 19.0. The Morgan fingerprint density at radius 1 is 1.26 bits per heavy atom. The molecule has 7 heteroatoms. The Balaban J connectivity index is 1.59. The highest BCUT2D eigenvalue weighted by atomic mass is 35.5. The highest BCUT2D eigenvalue weighted by molar-refractivity contribution is 6.31. The van der Waals surface area contributed by atoms with E-state index in [1.54, 1.807) is 29.2 Å². The molecule has 0 atom stereocenters. The van der Waals surface area contributed by atoms with Gasteiger partial charge in [0.05, 0.1) is 18.4 Å². The van der Waals surface area contributed by atoms with E-state index in [0.29, 0.717) is 29.4 Å². The second-order valence-electron chi connectivity index (χ2n) is 6.12. The summed E-state index contributed by atoms with van der Waals surface area (Å²) in [5.74, 6) is -0.536. The molecule has 3 aromatic rings. The fraction of sp³-hybridized carbons (Fsp3) is 0.150. The SMILES string of the molecule is COC(=O)c1ccc2c(c1)CCN2C(=O)/C=C/c1c(Cl)nc2ccccn12. The first kappa shape index (κ1) is 17.3. The second kappa shape index (κ2) is 6.89. The predicted molar refractivity (Wildman–Crippen MR) is 103 cm³/mol. The minimum absolute atomic E-state index is 0.151. The van der Waals surface area contributed by atoms with Gasteiger partial charge in [0.2, 0.25) is 0 Å². The number of imidazole rings is 1. The van der Waals surface area contributed by atoms with Gasteiger partial charge in [0.1, 0.15) is 5.65 Å². The molecule has 3 heterocycles. The highest BCUT2D eigenvalue weighted by Gasteiger charge is 2.24. The Hall–Kier alpha value is -3.12. The molecule has 0 spiro atoms. The number of ether oxygens (including phenoxy) is 1. The van der Waals surface area contributed by atoms with Crippen LogP contribution in [0.1, 0.15) is 21.6 Å². The first-order valence-electron chi connectivity index (χ1n) is 8.42. The van der Waals surface area contributed by atoms with Crippen LogP contribution in [-0.2, 0) is 16.0 Å². The van der Waals surface area contributed by atoms with Crippen LogP contribution in [0.15, 0.2) is 48.7 Å². The van der Waals surface area contributed by atoms with Crippen molar-refractivity contribution in [2.24, 2.45) is 0 Å². The fourth-order valence-electron chi connectivity index (χ4n) is 3.25. The number of amides is 1. The molecule has 0 unspecified atom stereocenters. The predicted octanol–water partition coefficient (Wildman–Crippen LogP) is 3.38. The third-order valence-corrected chi connectivity index (χ3v) is 4.85. The molecule has 4 rings (SSSR count). The molecule has 0 fully saturated rings. The van der Waals surface area contributed by atoms with Gasteiger partial charge in [-0.05, 0) is 48.4 Å². The van der Waals surface area contributed by atoms with E-state index in [1.165, 1.54) is 13.2 Å². The van der Waals surface area contributed by atoms with Gasteiger partial charge in [0.25, 0.3) is 5.91 Å². The molecule has 0 saturated heterocycles.